The molecule has 1 aliphatic rings. The van der Waals surface area contributed by atoms with Gasteiger partial charge in [0.2, 0.25) is 0 Å². The summed E-state index contributed by atoms with van der Waals surface area (Å²) in [6.45, 7) is 0.364. The van der Waals surface area contributed by atoms with Crippen molar-refractivity contribution in [3.63, 3.8) is 0 Å². The molecule has 1 fully saturated rings. The molecule has 1 atom stereocenters. The molecular weight excluding hydrogens is 236 g/mol. The van der Waals surface area contributed by atoms with Gasteiger partial charge in [0.15, 0.2) is 0 Å². The zero-order valence-corrected chi connectivity index (χ0v) is 8.24. The van der Waals surface area contributed by atoms with Gasteiger partial charge in [-0.3, -0.25) is 0 Å². The van der Waals surface area contributed by atoms with Crippen LogP contribution < -0.4 is 5.32 Å². The summed E-state index contributed by atoms with van der Waals surface area (Å²) >= 11 is 3.31. The largest absolute Gasteiger partial charge is 0.447 e. The molecule has 1 amide bonds. The first-order valence-corrected chi connectivity index (χ1v) is 4.60. The van der Waals surface area contributed by atoms with E-state index in [4.69, 9.17) is 4.74 Å². The Balaban J connectivity index is 2.26. The van der Waals surface area contributed by atoms with E-state index in [1.54, 1.807) is 6.20 Å². The number of carbonyl (C=O) groups is 1. The van der Waals surface area contributed by atoms with Crippen molar-refractivity contribution in [2.24, 2.45) is 0 Å². The lowest BCUT2D eigenvalue weighted by molar-refractivity contribution is 0.177. The molecule has 1 aliphatic heterocycles. The van der Waals surface area contributed by atoms with Crippen LogP contribution in [0.15, 0.2) is 22.9 Å². The van der Waals surface area contributed by atoms with Crippen LogP contribution in [0, 0.1) is 0 Å². The first-order chi connectivity index (χ1) is 6.27. The van der Waals surface area contributed by atoms with Crippen molar-refractivity contribution in [1.29, 1.82) is 0 Å². The Kier molecular flexibility index (Phi) is 2.18. The van der Waals surface area contributed by atoms with Crippen LogP contribution in [0.2, 0.25) is 0 Å². The lowest BCUT2D eigenvalue weighted by atomic mass is 10.1. The van der Waals surface area contributed by atoms with Crippen molar-refractivity contribution in [2.45, 2.75) is 6.04 Å². The van der Waals surface area contributed by atoms with Crippen LogP contribution in [0.3, 0.4) is 0 Å². The molecule has 1 N–H and O–H groups in total. The number of alkyl carbamates (subject to hydrolysis) is 1. The van der Waals surface area contributed by atoms with Crippen LogP contribution >= 0.6 is 15.9 Å². The SMILES string of the molecule is O=C1N[C@@H](c2cccnc2Br)CO1. The number of cyclic esters (lactones) is 1. The lowest BCUT2D eigenvalue weighted by Crippen LogP contribution is -2.18. The van der Waals surface area contributed by atoms with Gasteiger partial charge in [-0.1, -0.05) is 6.07 Å². The Hall–Kier alpha value is -1.10. The maximum atomic E-state index is 10.8. The quantitative estimate of drug-likeness (QED) is 0.762. The summed E-state index contributed by atoms with van der Waals surface area (Å²) in [4.78, 5) is 14.8. The summed E-state index contributed by atoms with van der Waals surface area (Å²) < 4.78 is 5.52. The molecule has 2 heterocycles. The molecule has 0 unspecified atom stereocenters. The van der Waals surface area contributed by atoms with E-state index in [1.807, 2.05) is 12.1 Å². The number of nitrogens with zero attached hydrogens (tertiary/aromatic N) is 1. The van der Waals surface area contributed by atoms with E-state index in [1.165, 1.54) is 0 Å². The van der Waals surface area contributed by atoms with Gasteiger partial charge in [-0.25, -0.2) is 9.78 Å². The highest BCUT2D eigenvalue weighted by atomic mass is 79.9. The number of amides is 1. The van der Waals surface area contributed by atoms with Crippen molar-refractivity contribution in [2.75, 3.05) is 6.61 Å². The Bertz CT molecular complexity index is 343. The number of ether oxygens (including phenoxy) is 1. The van der Waals surface area contributed by atoms with E-state index >= 15 is 0 Å². The minimum atomic E-state index is -0.374. The molecule has 0 aromatic carbocycles. The number of hydrogen-bond acceptors (Lipinski definition) is 3. The van der Waals surface area contributed by atoms with Gasteiger partial charge >= 0.3 is 6.09 Å². The number of halogens is 1. The molecule has 1 aromatic rings. The maximum Gasteiger partial charge on any atom is 0.407 e. The topological polar surface area (TPSA) is 51.2 Å². The summed E-state index contributed by atoms with van der Waals surface area (Å²) in [6, 6.07) is 3.64. The van der Waals surface area contributed by atoms with Gasteiger partial charge in [-0.05, 0) is 22.0 Å². The van der Waals surface area contributed by atoms with Crippen LogP contribution in [0.5, 0.6) is 0 Å². The monoisotopic (exact) mass is 242 g/mol. The number of hydrogen-bond donors (Lipinski definition) is 1. The van der Waals surface area contributed by atoms with Gasteiger partial charge in [-0.15, -0.1) is 0 Å². The normalized spacial score (nSPS) is 21.0. The minimum Gasteiger partial charge on any atom is -0.447 e. The molecule has 13 heavy (non-hydrogen) atoms. The fourth-order valence-corrected chi connectivity index (χ4v) is 1.74. The van der Waals surface area contributed by atoms with E-state index in [0.717, 1.165) is 10.2 Å². The molecule has 0 radical (unpaired) electrons. The molecule has 0 aliphatic carbocycles. The second-order valence-corrected chi connectivity index (χ2v) is 3.43. The van der Waals surface area contributed by atoms with E-state index in [2.05, 4.69) is 26.2 Å². The summed E-state index contributed by atoms with van der Waals surface area (Å²) in [5.74, 6) is 0. The standard InChI is InChI=1S/C8H7BrN2O2/c9-7-5(2-1-3-10-7)6-4-13-8(12)11-6/h1-3,6H,4H2,(H,11,12)/t6-/m1/s1. The van der Waals surface area contributed by atoms with Crippen LogP contribution in [-0.2, 0) is 4.74 Å². The minimum absolute atomic E-state index is 0.0874. The lowest BCUT2D eigenvalue weighted by Gasteiger charge is -2.07. The predicted octanol–water partition coefficient (Wildman–Crippen LogP) is 1.62. The molecule has 68 valence electrons. The third-order valence-electron chi connectivity index (χ3n) is 1.84. The first kappa shape index (κ1) is 8.50. The van der Waals surface area contributed by atoms with Crippen molar-refractivity contribution in [3.05, 3.63) is 28.5 Å². The van der Waals surface area contributed by atoms with Gasteiger partial charge in [0, 0.05) is 11.8 Å². The number of carbonyl (C=O) groups excluding carboxylic acids is 1. The smallest absolute Gasteiger partial charge is 0.407 e. The third kappa shape index (κ3) is 1.65. The molecule has 0 spiro atoms. The Morgan fingerprint density at radius 1 is 1.69 bits per heavy atom. The van der Waals surface area contributed by atoms with Gasteiger partial charge in [-0.2, -0.15) is 0 Å². The van der Waals surface area contributed by atoms with E-state index in [0.29, 0.717) is 6.61 Å². The fraction of sp³-hybridized carbons (Fsp3) is 0.250. The van der Waals surface area contributed by atoms with Crippen molar-refractivity contribution in [1.82, 2.24) is 10.3 Å². The molecule has 1 saturated heterocycles. The van der Waals surface area contributed by atoms with Gasteiger partial charge in [0.25, 0.3) is 0 Å². The van der Waals surface area contributed by atoms with Crippen LogP contribution in [0.25, 0.3) is 0 Å². The Labute approximate surface area is 83.4 Å². The second kappa shape index (κ2) is 3.33. The molecule has 2 rings (SSSR count). The molecule has 0 bridgehead atoms. The van der Waals surface area contributed by atoms with E-state index in [9.17, 15) is 4.79 Å². The number of nitrogens with one attached hydrogen (secondary N) is 1. The Morgan fingerprint density at radius 2 is 2.54 bits per heavy atom. The third-order valence-corrected chi connectivity index (χ3v) is 2.50. The zero-order chi connectivity index (χ0) is 9.26. The van der Waals surface area contributed by atoms with Crippen molar-refractivity contribution in [3.8, 4) is 0 Å². The highest BCUT2D eigenvalue weighted by molar-refractivity contribution is 9.10. The van der Waals surface area contributed by atoms with E-state index in [-0.39, 0.29) is 12.1 Å². The summed E-state index contributed by atoms with van der Waals surface area (Å²) in [5.41, 5.74) is 0.938. The van der Waals surface area contributed by atoms with Crippen molar-refractivity contribution < 1.29 is 9.53 Å². The number of aromatic nitrogens is 1. The van der Waals surface area contributed by atoms with Gasteiger partial charge in [0.05, 0.1) is 6.04 Å². The summed E-state index contributed by atoms with van der Waals surface area (Å²) in [6.07, 6.45) is 1.31. The molecule has 0 saturated carbocycles. The zero-order valence-electron chi connectivity index (χ0n) is 6.66. The number of rotatable bonds is 1. The maximum absolute atomic E-state index is 10.8. The molecule has 5 heteroatoms. The summed E-state index contributed by atoms with van der Waals surface area (Å²) in [7, 11) is 0. The molecule has 1 aromatic heterocycles. The van der Waals surface area contributed by atoms with Gasteiger partial charge in [0.1, 0.15) is 11.2 Å². The Morgan fingerprint density at radius 3 is 3.15 bits per heavy atom. The first-order valence-electron chi connectivity index (χ1n) is 3.81. The average Bonchev–Trinajstić information content (AvgIpc) is 2.53. The van der Waals surface area contributed by atoms with Crippen molar-refractivity contribution >= 4 is 22.0 Å². The summed E-state index contributed by atoms with van der Waals surface area (Å²) in [5, 5.41) is 2.68. The van der Waals surface area contributed by atoms with Gasteiger partial charge < -0.3 is 10.1 Å². The molecule has 4 nitrogen and oxygen atoms in total. The highest BCUT2D eigenvalue weighted by Gasteiger charge is 2.25. The second-order valence-electron chi connectivity index (χ2n) is 2.68. The van der Waals surface area contributed by atoms with Crippen LogP contribution in [0.1, 0.15) is 11.6 Å². The van der Waals surface area contributed by atoms with Crippen LogP contribution in [-0.4, -0.2) is 17.7 Å². The number of pyridine rings is 1. The average molecular weight is 243 g/mol. The fourth-order valence-electron chi connectivity index (χ4n) is 1.21. The van der Waals surface area contributed by atoms with E-state index < -0.39 is 0 Å². The van der Waals surface area contributed by atoms with Crippen LogP contribution in [0.4, 0.5) is 4.79 Å². The predicted molar refractivity (Wildman–Crippen MR) is 49.2 cm³/mol. The highest BCUT2D eigenvalue weighted by Crippen LogP contribution is 2.23. The molecular formula is C8H7BrN2O2.